The van der Waals surface area contributed by atoms with Crippen LogP contribution in [0, 0.1) is 6.92 Å². The molecule has 0 radical (unpaired) electrons. The van der Waals surface area contributed by atoms with Crippen molar-refractivity contribution in [2.24, 2.45) is 0 Å². The molecule has 138 valence electrons. The first kappa shape index (κ1) is 20.4. The first-order valence-corrected chi connectivity index (χ1v) is 10.2. The molecule has 0 bridgehead atoms. The summed E-state index contributed by atoms with van der Waals surface area (Å²) in [6.45, 7) is 6.44. The van der Waals surface area contributed by atoms with Crippen molar-refractivity contribution in [1.82, 2.24) is 4.31 Å². The quantitative estimate of drug-likeness (QED) is 0.601. The number of hydrogen-bond donors (Lipinski definition) is 0. The molecule has 0 amide bonds. The van der Waals surface area contributed by atoms with E-state index in [0.717, 1.165) is 16.7 Å². The third-order valence-electron chi connectivity index (χ3n) is 3.87. The number of rotatable bonds is 7. The highest BCUT2D eigenvalue weighted by molar-refractivity contribution is 7.89. The van der Waals surface area contributed by atoms with Gasteiger partial charge in [-0.1, -0.05) is 71.3 Å². The highest BCUT2D eigenvalue weighted by Gasteiger charge is 2.22. The zero-order valence-corrected chi connectivity index (χ0v) is 16.9. The summed E-state index contributed by atoms with van der Waals surface area (Å²) >= 11 is 6.15. The minimum absolute atomic E-state index is 0.269. The molecule has 0 aliphatic heterocycles. The van der Waals surface area contributed by atoms with Crippen LogP contribution in [-0.2, 0) is 10.0 Å². The van der Waals surface area contributed by atoms with Gasteiger partial charge in [-0.2, -0.15) is 4.31 Å². The maximum atomic E-state index is 13.0. The zero-order valence-electron chi connectivity index (χ0n) is 15.3. The van der Waals surface area contributed by atoms with Crippen molar-refractivity contribution in [1.29, 1.82) is 0 Å². The summed E-state index contributed by atoms with van der Waals surface area (Å²) < 4.78 is 27.5. The van der Waals surface area contributed by atoms with Gasteiger partial charge in [0.2, 0.25) is 10.0 Å². The molecule has 2 aromatic carbocycles. The van der Waals surface area contributed by atoms with E-state index in [1.165, 1.54) is 4.31 Å². The Morgan fingerprint density at radius 2 is 1.69 bits per heavy atom. The van der Waals surface area contributed by atoms with Gasteiger partial charge in [0, 0.05) is 18.1 Å². The van der Waals surface area contributed by atoms with Gasteiger partial charge in [0.15, 0.2) is 0 Å². The Hall–Kier alpha value is -1.88. The van der Waals surface area contributed by atoms with Crippen LogP contribution in [0.2, 0.25) is 5.02 Å². The average Bonchev–Trinajstić information content (AvgIpc) is 2.59. The first-order valence-electron chi connectivity index (χ1n) is 8.42. The lowest BCUT2D eigenvalue weighted by Crippen LogP contribution is -2.31. The maximum Gasteiger partial charge on any atom is 0.243 e. The van der Waals surface area contributed by atoms with Gasteiger partial charge in [-0.15, -0.1) is 0 Å². The van der Waals surface area contributed by atoms with E-state index >= 15 is 0 Å². The SMILES string of the molecule is CC(C)=CCN(C/C=C/c1ccccc1Cl)S(=O)(=O)c1ccc(C)cc1. The molecular formula is C21H24ClNO2S. The van der Waals surface area contributed by atoms with E-state index in [1.54, 1.807) is 12.1 Å². The Balaban J connectivity index is 2.26. The molecule has 0 spiro atoms. The lowest BCUT2D eigenvalue weighted by atomic mass is 10.2. The van der Waals surface area contributed by atoms with Gasteiger partial charge in [-0.05, 0) is 44.5 Å². The maximum absolute atomic E-state index is 13.0. The van der Waals surface area contributed by atoms with Crippen LogP contribution in [0.15, 0.2) is 71.2 Å². The summed E-state index contributed by atoms with van der Waals surface area (Å²) in [5, 5.41) is 0.640. The Morgan fingerprint density at radius 1 is 1.04 bits per heavy atom. The van der Waals surface area contributed by atoms with E-state index in [-0.39, 0.29) is 6.54 Å². The van der Waals surface area contributed by atoms with Crippen LogP contribution in [0.1, 0.15) is 25.0 Å². The molecule has 26 heavy (non-hydrogen) atoms. The van der Waals surface area contributed by atoms with E-state index in [0.29, 0.717) is 16.5 Å². The number of allylic oxidation sites excluding steroid dienone is 1. The van der Waals surface area contributed by atoms with E-state index in [9.17, 15) is 8.42 Å². The van der Waals surface area contributed by atoms with Crippen molar-refractivity contribution in [3.8, 4) is 0 Å². The van der Waals surface area contributed by atoms with Crippen LogP contribution in [-0.4, -0.2) is 25.8 Å². The number of sulfonamides is 1. The number of hydrogen-bond acceptors (Lipinski definition) is 2. The Kier molecular flexibility index (Phi) is 7.21. The third-order valence-corrected chi connectivity index (χ3v) is 6.06. The lowest BCUT2D eigenvalue weighted by Gasteiger charge is -2.19. The fourth-order valence-electron chi connectivity index (χ4n) is 2.32. The third kappa shape index (κ3) is 5.56. The predicted octanol–water partition coefficient (Wildman–Crippen LogP) is 5.32. The van der Waals surface area contributed by atoms with Crippen molar-refractivity contribution >= 4 is 27.7 Å². The summed E-state index contributed by atoms with van der Waals surface area (Å²) in [4.78, 5) is 0.302. The van der Waals surface area contributed by atoms with Gasteiger partial charge in [-0.3, -0.25) is 0 Å². The Labute approximate surface area is 161 Å². The largest absolute Gasteiger partial charge is 0.243 e. The standard InChI is InChI=1S/C21H24ClNO2S/c1-17(2)14-16-23(15-6-8-19-7-4-5-9-21(19)22)26(24,25)20-12-10-18(3)11-13-20/h4-14H,15-16H2,1-3H3/b8-6+. The molecule has 0 fully saturated rings. The number of aryl methyl sites for hydroxylation is 1. The Morgan fingerprint density at radius 3 is 2.31 bits per heavy atom. The summed E-state index contributed by atoms with van der Waals surface area (Å²) in [6.07, 6.45) is 5.59. The van der Waals surface area contributed by atoms with E-state index in [4.69, 9.17) is 11.6 Å². The predicted molar refractivity (Wildman–Crippen MR) is 110 cm³/mol. The number of nitrogens with zero attached hydrogens (tertiary/aromatic N) is 1. The molecule has 2 rings (SSSR count). The molecule has 0 heterocycles. The minimum atomic E-state index is -3.57. The monoisotopic (exact) mass is 389 g/mol. The normalized spacial score (nSPS) is 11.9. The summed E-state index contributed by atoms with van der Waals surface area (Å²) in [7, 11) is -3.57. The summed E-state index contributed by atoms with van der Waals surface area (Å²) in [6, 6.07) is 14.4. The second kappa shape index (κ2) is 9.17. The molecule has 0 aromatic heterocycles. The molecule has 0 aliphatic carbocycles. The van der Waals surface area contributed by atoms with Crippen molar-refractivity contribution in [3.05, 3.63) is 82.4 Å². The van der Waals surface area contributed by atoms with Crippen LogP contribution in [0.25, 0.3) is 6.08 Å². The molecule has 2 aromatic rings. The molecule has 0 aliphatic rings. The van der Waals surface area contributed by atoms with Gasteiger partial charge in [0.25, 0.3) is 0 Å². The number of benzene rings is 2. The van der Waals surface area contributed by atoms with Crippen molar-refractivity contribution in [2.75, 3.05) is 13.1 Å². The molecule has 3 nitrogen and oxygen atoms in total. The highest BCUT2D eigenvalue weighted by Crippen LogP contribution is 2.19. The van der Waals surface area contributed by atoms with Gasteiger partial charge in [0.05, 0.1) is 4.90 Å². The molecule has 0 N–H and O–H groups in total. The fourth-order valence-corrected chi connectivity index (χ4v) is 3.85. The van der Waals surface area contributed by atoms with Crippen LogP contribution in [0.3, 0.4) is 0 Å². The molecule has 0 saturated heterocycles. The van der Waals surface area contributed by atoms with E-state index < -0.39 is 10.0 Å². The van der Waals surface area contributed by atoms with Gasteiger partial charge < -0.3 is 0 Å². The molecule has 0 unspecified atom stereocenters. The van der Waals surface area contributed by atoms with Crippen LogP contribution in [0.4, 0.5) is 0 Å². The zero-order chi connectivity index (χ0) is 19.2. The topological polar surface area (TPSA) is 37.4 Å². The molecule has 5 heteroatoms. The van der Waals surface area contributed by atoms with Gasteiger partial charge in [-0.25, -0.2) is 8.42 Å². The van der Waals surface area contributed by atoms with Gasteiger partial charge >= 0.3 is 0 Å². The van der Waals surface area contributed by atoms with Crippen LogP contribution < -0.4 is 0 Å². The minimum Gasteiger partial charge on any atom is -0.207 e. The molecular weight excluding hydrogens is 366 g/mol. The van der Waals surface area contributed by atoms with Crippen LogP contribution in [0.5, 0.6) is 0 Å². The first-order chi connectivity index (χ1) is 12.3. The van der Waals surface area contributed by atoms with Crippen LogP contribution >= 0.6 is 11.6 Å². The fraction of sp³-hybridized carbons (Fsp3) is 0.238. The smallest absolute Gasteiger partial charge is 0.207 e. The van der Waals surface area contributed by atoms with Crippen molar-refractivity contribution in [2.45, 2.75) is 25.7 Å². The Bertz CT molecular complexity index is 896. The lowest BCUT2D eigenvalue weighted by molar-refractivity contribution is 0.473. The average molecular weight is 390 g/mol. The second-order valence-corrected chi connectivity index (χ2v) is 8.69. The van der Waals surface area contributed by atoms with E-state index in [2.05, 4.69) is 0 Å². The molecule has 0 saturated carbocycles. The molecule has 0 atom stereocenters. The van der Waals surface area contributed by atoms with Crippen molar-refractivity contribution in [3.63, 3.8) is 0 Å². The van der Waals surface area contributed by atoms with Gasteiger partial charge in [0.1, 0.15) is 0 Å². The van der Waals surface area contributed by atoms with Crippen molar-refractivity contribution < 1.29 is 8.42 Å². The summed E-state index contributed by atoms with van der Waals surface area (Å²) in [5.74, 6) is 0. The van der Waals surface area contributed by atoms with E-state index in [1.807, 2.05) is 75.4 Å². The number of halogens is 1. The second-order valence-electron chi connectivity index (χ2n) is 6.34. The summed E-state index contributed by atoms with van der Waals surface area (Å²) in [5.41, 5.74) is 2.96. The highest BCUT2D eigenvalue weighted by atomic mass is 35.5.